The lowest BCUT2D eigenvalue weighted by Gasteiger charge is -2.11. The summed E-state index contributed by atoms with van der Waals surface area (Å²) in [5.41, 5.74) is 5.36. The van der Waals surface area contributed by atoms with Crippen LogP contribution in [0.5, 0.6) is 0 Å². The SMILES string of the molecule is NC1=NC2=NC=NC2C(O)=C1. The Morgan fingerprint density at radius 1 is 1.55 bits per heavy atom. The van der Waals surface area contributed by atoms with Crippen LogP contribution in [0.25, 0.3) is 0 Å². The predicted octanol–water partition coefficient (Wildman–Crippen LogP) is -0.392. The summed E-state index contributed by atoms with van der Waals surface area (Å²) in [5.74, 6) is 0.829. The number of hydrogen-bond acceptors (Lipinski definition) is 5. The van der Waals surface area contributed by atoms with Gasteiger partial charge in [0.1, 0.15) is 17.9 Å². The predicted molar refractivity (Wildman–Crippen MR) is 42.0 cm³/mol. The maximum Gasteiger partial charge on any atom is 0.168 e. The minimum Gasteiger partial charge on any atom is -0.509 e. The number of nitrogens with two attached hydrogens (primary N) is 1. The molecule has 0 spiro atoms. The van der Waals surface area contributed by atoms with Crippen molar-refractivity contribution >= 4 is 18.0 Å². The Labute approximate surface area is 62.7 Å². The van der Waals surface area contributed by atoms with Crippen LogP contribution in [0.15, 0.2) is 26.8 Å². The maximum atomic E-state index is 9.26. The van der Waals surface area contributed by atoms with Gasteiger partial charge in [0.15, 0.2) is 11.9 Å². The zero-order chi connectivity index (χ0) is 7.84. The van der Waals surface area contributed by atoms with Gasteiger partial charge in [-0.15, -0.1) is 0 Å². The highest BCUT2D eigenvalue weighted by Crippen LogP contribution is 2.14. The first-order valence-corrected chi connectivity index (χ1v) is 3.11. The van der Waals surface area contributed by atoms with E-state index >= 15 is 0 Å². The van der Waals surface area contributed by atoms with Crippen LogP contribution >= 0.6 is 0 Å². The highest BCUT2D eigenvalue weighted by Gasteiger charge is 2.25. The molecule has 0 aromatic carbocycles. The lowest BCUT2D eigenvalue weighted by molar-refractivity contribution is 0.391. The van der Waals surface area contributed by atoms with E-state index in [1.807, 2.05) is 0 Å². The van der Waals surface area contributed by atoms with Crippen LogP contribution < -0.4 is 5.73 Å². The molecule has 0 saturated carbocycles. The van der Waals surface area contributed by atoms with E-state index in [9.17, 15) is 5.11 Å². The third kappa shape index (κ3) is 0.813. The highest BCUT2D eigenvalue weighted by atomic mass is 16.3. The minimum absolute atomic E-state index is 0.102. The van der Waals surface area contributed by atoms with Gasteiger partial charge in [-0.1, -0.05) is 0 Å². The molecule has 5 heteroatoms. The number of nitrogens with zero attached hydrogens (tertiary/aromatic N) is 3. The monoisotopic (exact) mass is 150 g/mol. The molecule has 2 rings (SSSR count). The Morgan fingerprint density at radius 3 is 3.18 bits per heavy atom. The van der Waals surface area contributed by atoms with Crippen molar-refractivity contribution in [2.75, 3.05) is 0 Å². The van der Waals surface area contributed by atoms with Crippen molar-refractivity contribution in [1.82, 2.24) is 0 Å². The molecule has 1 unspecified atom stereocenters. The van der Waals surface area contributed by atoms with Crippen LogP contribution in [0, 0.1) is 0 Å². The lowest BCUT2D eigenvalue weighted by Crippen LogP contribution is -2.26. The number of aliphatic hydroxyl groups excluding tert-OH is 1. The van der Waals surface area contributed by atoms with E-state index in [1.165, 1.54) is 12.4 Å². The van der Waals surface area contributed by atoms with Gasteiger partial charge in [-0.05, 0) is 0 Å². The number of hydrogen-bond donors (Lipinski definition) is 2. The van der Waals surface area contributed by atoms with Gasteiger partial charge in [-0.25, -0.2) is 9.98 Å². The molecule has 0 saturated heterocycles. The third-order valence-corrected chi connectivity index (χ3v) is 1.47. The quantitative estimate of drug-likeness (QED) is 0.492. The molecule has 2 aliphatic rings. The van der Waals surface area contributed by atoms with Crippen molar-refractivity contribution in [3.63, 3.8) is 0 Å². The van der Waals surface area contributed by atoms with E-state index in [2.05, 4.69) is 15.0 Å². The number of dihydropyridines is 1. The number of aliphatic imine (C=N–C) groups is 3. The van der Waals surface area contributed by atoms with Gasteiger partial charge in [0.2, 0.25) is 0 Å². The normalized spacial score (nSPS) is 27.3. The summed E-state index contributed by atoms with van der Waals surface area (Å²) in [7, 11) is 0. The van der Waals surface area contributed by atoms with Crippen LogP contribution in [0.1, 0.15) is 0 Å². The average molecular weight is 150 g/mol. The molecule has 0 aromatic heterocycles. The summed E-state index contributed by atoms with van der Waals surface area (Å²) in [6, 6.07) is -0.415. The highest BCUT2D eigenvalue weighted by molar-refractivity contribution is 6.11. The Kier molecular flexibility index (Phi) is 1.06. The zero-order valence-corrected chi connectivity index (χ0v) is 5.60. The van der Waals surface area contributed by atoms with Crippen LogP contribution in [0.3, 0.4) is 0 Å². The van der Waals surface area contributed by atoms with Crippen LogP contribution in [0.4, 0.5) is 0 Å². The van der Waals surface area contributed by atoms with Crippen molar-refractivity contribution in [2.24, 2.45) is 20.7 Å². The summed E-state index contributed by atoms with van der Waals surface area (Å²) >= 11 is 0. The van der Waals surface area contributed by atoms with Gasteiger partial charge in [-0.2, -0.15) is 0 Å². The summed E-state index contributed by atoms with van der Waals surface area (Å²) in [5, 5.41) is 9.26. The molecule has 5 nitrogen and oxygen atoms in total. The molecule has 2 heterocycles. The first-order valence-electron chi connectivity index (χ1n) is 3.11. The van der Waals surface area contributed by atoms with Crippen LogP contribution in [-0.4, -0.2) is 29.2 Å². The molecule has 1 atom stereocenters. The van der Waals surface area contributed by atoms with Crippen LogP contribution in [-0.2, 0) is 0 Å². The fraction of sp³-hybridized carbons (Fsp3) is 0.167. The zero-order valence-electron chi connectivity index (χ0n) is 5.60. The van der Waals surface area contributed by atoms with Crippen molar-refractivity contribution in [2.45, 2.75) is 6.04 Å². The molecule has 0 amide bonds. The Hall–Kier alpha value is -1.65. The number of amidine groups is 2. The van der Waals surface area contributed by atoms with Gasteiger partial charge >= 0.3 is 0 Å². The molecule has 2 aliphatic heterocycles. The summed E-state index contributed by atoms with van der Waals surface area (Å²) in [6.07, 6.45) is 2.75. The minimum atomic E-state index is -0.415. The summed E-state index contributed by atoms with van der Waals surface area (Å²) in [6.45, 7) is 0. The molecule has 11 heavy (non-hydrogen) atoms. The molecule has 3 N–H and O–H groups in total. The molecule has 0 aromatic rings. The number of aliphatic hydroxyl groups is 1. The van der Waals surface area contributed by atoms with Crippen molar-refractivity contribution < 1.29 is 5.11 Å². The van der Waals surface area contributed by atoms with Crippen LogP contribution in [0.2, 0.25) is 0 Å². The van der Waals surface area contributed by atoms with E-state index in [-0.39, 0.29) is 11.6 Å². The average Bonchev–Trinajstić information content (AvgIpc) is 2.34. The molecule has 0 aliphatic carbocycles. The van der Waals surface area contributed by atoms with Crippen molar-refractivity contribution in [1.29, 1.82) is 0 Å². The fourth-order valence-corrected chi connectivity index (χ4v) is 0.990. The standard InChI is InChI=1S/C6H6N4O/c7-4-1-3(11)5-6(10-4)9-2-8-5/h1-2,5,11H,(H2,7,8,9,10). The van der Waals surface area contributed by atoms with Crippen molar-refractivity contribution in [3.8, 4) is 0 Å². The molecule has 0 radical (unpaired) electrons. The van der Waals surface area contributed by atoms with E-state index < -0.39 is 6.04 Å². The summed E-state index contributed by atoms with van der Waals surface area (Å²) < 4.78 is 0. The second-order valence-electron chi connectivity index (χ2n) is 2.26. The largest absolute Gasteiger partial charge is 0.509 e. The lowest BCUT2D eigenvalue weighted by atomic mass is 10.2. The van der Waals surface area contributed by atoms with E-state index in [4.69, 9.17) is 5.73 Å². The Balaban J connectivity index is 2.45. The topological polar surface area (TPSA) is 83.3 Å². The molecule has 0 fully saturated rings. The van der Waals surface area contributed by atoms with Crippen molar-refractivity contribution in [3.05, 3.63) is 11.8 Å². The third-order valence-electron chi connectivity index (χ3n) is 1.47. The maximum absolute atomic E-state index is 9.26. The first kappa shape index (κ1) is 6.09. The molecule has 0 bridgehead atoms. The van der Waals surface area contributed by atoms with Gasteiger partial charge < -0.3 is 10.8 Å². The Bertz CT molecular complexity index is 313. The van der Waals surface area contributed by atoms with Gasteiger partial charge in [0.25, 0.3) is 0 Å². The van der Waals surface area contributed by atoms with Gasteiger partial charge in [0, 0.05) is 6.08 Å². The number of rotatable bonds is 0. The second-order valence-corrected chi connectivity index (χ2v) is 2.26. The first-order chi connectivity index (χ1) is 5.27. The Morgan fingerprint density at radius 2 is 2.36 bits per heavy atom. The van der Waals surface area contributed by atoms with Gasteiger partial charge in [0.05, 0.1) is 0 Å². The molecule has 56 valence electrons. The van der Waals surface area contributed by atoms with E-state index in [0.29, 0.717) is 5.84 Å². The molecular weight excluding hydrogens is 144 g/mol. The molecular formula is C6H6N4O. The summed E-state index contributed by atoms with van der Waals surface area (Å²) in [4.78, 5) is 11.6. The smallest absolute Gasteiger partial charge is 0.168 e. The number of fused-ring (bicyclic) bond motifs is 1. The second kappa shape index (κ2) is 1.91. The van der Waals surface area contributed by atoms with E-state index in [1.54, 1.807) is 0 Å². The van der Waals surface area contributed by atoms with E-state index in [0.717, 1.165) is 0 Å². The fourth-order valence-electron chi connectivity index (χ4n) is 0.990. The van der Waals surface area contributed by atoms with Gasteiger partial charge in [-0.3, -0.25) is 4.99 Å².